The molecule has 0 aliphatic rings. The number of halogens is 2. The maximum atomic E-state index is 11.1. The standard InChI is InChI=1S/C9H13ClN2OS.ClH/c1-6(11)9(13)12-5-4-7-2-3-8(10)14-7;/h2-3,6H,4-5,11H2,1H3,(H,12,13);1H/t6-;/m1./s1. The van der Waals surface area contributed by atoms with Crippen molar-refractivity contribution in [1.29, 1.82) is 0 Å². The molecule has 6 heteroatoms. The van der Waals surface area contributed by atoms with Gasteiger partial charge in [0.25, 0.3) is 0 Å². The molecule has 0 fully saturated rings. The van der Waals surface area contributed by atoms with E-state index in [-0.39, 0.29) is 18.3 Å². The van der Waals surface area contributed by atoms with Gasteiger partial charge in [0.15, 0.2) is 0 Å². The third-order valence-corrected chi connectivity index (χ3v) is 3.00. The average molecular weight is 269 g/mol. The predicted octanol–water partition coefficient (Wildman–Crippen LogP) is 1.83. The second-order valence-corrected chi connectivity index (χ2v) is 4.84. The van der Waals surface area contributed by atoms with Crippen LogP contribution in [0.4, 0.5) is 0 Å². The molecule has 0 aliphatic carbocycles. The van der Waals surface area contributed by atoms with Gasteiger partial charge in [0, 0.05) is 11.4 Å². The number of amides is 1. The van der Waals surface area contributed by atoms with Gasteiger partial charge in [-0.25, -0.2) is 0 Å². The highest BCUT2D eigenvalue weighted by atomic mass is 35.5. The highest BCUT2D eigenvalue weighted by Gasteiger charge is 2.05. The van der Waals surface area contributed by atoms with Gasteiger partial charge in [0.05, 0.1) is 10.4 Å². The minimum absolute atomic E-state index is 0. The van der Waals surface area contributed by atoms with E-state index in [9.17, 15) is 4.79 Å². The van der Waals surface area contributed by atoms with Gasteiger partial charge in [0.1, 0.15) is 0 Å². The van der Waals surface area contributed by atoms with E-state index in [1.54, 1.807) is 6.92 Å². The fraction of sp³-hybridized carbons (Fsp3) is 0.444. The minimum Gasteiger partial charge on any atom is -0.354 e. The summed E-state index contributed by atoms with van der Waals surface area (Å²) < 4.78 is 0.776. The molecule has 0 spiro atoms. The Morgan fingerprint density at radius 3 is 2.80 bits per heavy atom. The van der Waals surface area contributed by atoms with Crippen LogP contribution in [0.25, 0.3) is 0 Å². The first-order valence-corrected chi connectivity index (χ1v) is 5.56. The number of carbonyl (C=O) groups excluding carboxylic acids is 1. The smallest absolute Gasteiger partial charge is 0.236 e. The fourth-order valence-electron chi connectivity index (χ4n) is 0.956. The molecule has 0 radical (unpaired) electrons. The zero-order valence-corrected chi connectivity index (χ0v) is 10.7. The van der Waals surface area contributed by atoms with E-state index in [1.165, 1.54) is 16.2 Å². The van der Waals surface area contributed by atoms with Crippen LogP contribution >= 0.6 is 35.3 Å². The van der Waals surface area contributed by atoms with Crippen molar-refractivity contribution in [1.82, 2.24) is 5.32 Å². The molecule has 1 heterocycles. The Morgan fingerprint density at radius 1 is 1.67 bits per heavy atom. The molecule has 0 aliphatic heterocycles. The van der Waals surface area contributed by atoms with E-state index >= 15 is 0 Å². The lowest BCUT2D eigenvalue weighted by atomic mass is 10.3. The molecule has 1 amide bonds. The zero-order chi connectivity index (χ0) is 10.6. The van der Waals surface area contributed by atoms with Crippen molar-refractivity contribution in [3.05, 3.63) is 21.3 Å². The van der Waals surface area contributed by atoms with Gasteiger partial charge < -0.3 is 11.1 Å². The highest BCUT2D eigenvalue weighted by Crippen LogP contribution is 2.21. The molecule has 86 valence electrons. The Balaban J connectivity index is 0.00000196. The molecule has 0 unspecified atom stereocenters. The summed E-state index contributed by atoms with van der Waals surface area (Å²) in [5.41, 5.74) is 5.39. The van der Waals surface area contributed by atoms with Gasteiger partial charge >= 0.3 is 0 Å². The van der Waals surface area contributed by atoms with Crippen LogP contribution in [0.3, 0.4) is 0 Å². The molecule has 0 saturated carbocycles. The summed E-state index contributed by atoms with van der Waals surface area (Å²) in [5.74, 6) is -0.118. The van der Waals surface area contributed by atoms with Crippen molar-refractivity contribution in [3.8, 4) is 0 Å². The molecular formula is C9H14Cl2N2OS. The molecule has 1 aromatic rings. The second kappa shape index (κ2) is 7.06. The van der Waals surface area contributed by atoms with E-state index in [0.29, 0.717) is 6.54 Å². The molecule has 3 N–H and O–H groups in total. The topological polar surface area (TPSA) is 55.1 Å². The molecule has 0 saturated heterocycles. The minimum atomic E-state index is -0.443. The van der Waals surface area contributed by atoms with Crippen LogP contribution in [0.1, 0.15) is 11.8 Å². The summed E-state index contributed by atoms with van der Waals surface area (Å²) in [6, 6.07) is 3.38. The Bertz CT molecular complexity index is 315. The molecule has 0 bridgehead atoms. The average Bonchev–Trinajstić information content (AvgIpc) is 2.51. The van der Waals surface area contributed by atoms with Crippen molar-refractivity contribution in [3.63, 3.8) is 0 Å². The normalized spacial score (nSPS) is 11.7. The van der Waals surface area contributed by atoms with Gasteiger partial charge in [-0.3, -0.25) is 4.79 Å². The summed E-state index contributed by atoms with van der Waals surface area (Å²) in [6.07, 6.45) is 0.801. The molecule has 1 rings (SSSR count). The predicted molar refractivity (Wildman–Crippen MR) is 66.9 cm³/mol. The van der Waals surface area contributed by atoms with Crippen LogP contribution < -0.4 is 11.1 Å². The summed E-state index contributed by atoms with van der Waals surface area (Å²) in [6.45, 7) is 2.27. The largest absolute Gasteiger partial charge is 0.354 e. The van der Waals surface area contributed by atoms with Crippen molar-refractivity contribution >= 4 is 41.3 Å². The molecular weight excluding hydrogens is 255 g/mol. The number of thiophene rings is 1. The molecule has 3 nitrogen and oxygen atoms in total. The van der Waals surface area contributed by atoms with Crippen LogP contribution in [-0.4, -0.2) is 18.5 Å². The Kier molecular flexibility index (Phi) is 6.92. The van der Waals surface area contributed by atoms with Crippen LogP contribution in [-0.2, 0) is 11.2 Å². The first-order valence-electron chi connectivity index (χ1n) is 4.37. The maximum Gasteiger partial charge on any atom is 0.236 e. The lowest BCUT2D eigenvalue weighted by molar-refractivity contribution is -0.121. The van der Waals surface area contributed by atoms with Crippen LogP contribution in [0.5, 0.6) is 0 Å². The van der Waals surface area contributed by atoms with Gasteiger partial charge in [-0.2, -0.15) is 0 Å². The third-order valence-electron chi connectivity index (χ3n) is 1.71. The van der Waals surface area contributed by atoms with Gasteiger partial charge in [0.2, 0.25) is 5.91 Å². The van der Waals surface area contributed by atoms with Crippen molar-refractivity contribution in [2.24, 2.45) is 5.73 Å². The zero-order valence-electron chi connectivity index (χ0n) is 8.33. The van der Waals surface area contributed by atoms with Gasteiger partial charge in [-0.05, 0) is 25.5 Å². The number of nitrogens with one attached hydrogen (secondary N) is 1. The van der Waals surface area contributed by atoms with E-state index < -0.39 is 6.04 Å². The number of carbonyl (C=O) groups is 1. The number of hydrogen-bond acceptors (Lipinski definition) is 3. The van der Waals surface area contributed by atoms with E-state index in [2.05, 4.69) is 5.32 Å². The number of hydrogen-bond donors (Lipinski definition) is 2. The lowest BCUT2D eigenvalue weighted by Crippen LogP contribution is -2.39. The first-order chi connectivity index (χ1) is 6.59. The van der Waals surface area contributed by atoms with Gasteiger partial charge in [-0.15, -0.1) is 23.7 Å². The monoisotopic (exact) mass is 268 g/mol. The fourth-order valence-corrected chi connectivity index (χ4v) is 2.04. The summed E-state index contributed by atoms with van der Waals surface area (Å²) in [4.78, 5) is 12.2. The number of rotatable bonds is 4. The van der Waals surface area contributed by atoms with Crippen molar-refractivity contribution < 1.29 is 4.79 Å². The molecule has 15 heavy (non-hydrogen) atoms. The van der Waals surface area contributed by atoms with Crippen molar-refractivity contribution in [2.45, 2.75) is 19.4 Å². The molecule has 0 aromatic carbocycles. The summed E-state index contributed by atoms with van der Waals surface area (Å²) in [7, 11) is 0. The lowest BCUT2D eigenvalue weighted by Gasteiger charge is -2.06. The van der Waals surface area contributed by atoms with E-state index in [4.69, 9.17) is 17.3 Å². The summed E-state index contributed by atoms with van der Waals surface area (Å²) in [5, 5.41) is 2.74. The summed E-state index contributed by atoms with van der Waals surface area (Å²) >= 11 is 7.29. The SMILES string of the molecule is C[C@@H](N)C(=O)NCCc1ccc(Cl)s1.Cl. The molecule has 1 aromatic heterocycles. The quantitative estimate of drug-likeness (QED) is 0.876. The van der Waals surface area contributed by atoms with Gasteiger partial charge in [-0.1, -0.05) is 11.6 Å². The van der Waals surface area contributed by atoms with Crippen LogP contribution in [0.15, 0.2) is 12.1 Å². The first kappa shape index (κ1) is 14.7. The highest BCUT2D eigenvalue weighted by molar-refractivity contribution is 7.16. The Labute approximate surface area is 104 Å². The van der Waals surface area contributed by atoms with E-state index in [1.807, 2.05) is 12.1 Å². The van der Waals surface area contributed by atoms with Crippen LogP contribution in [0, 0.1) is 0 Å². The van der Waals surface area contributed by atoms with E-state index in [0.717, 1.165) is 10.8 Å². The van der Waals surface area contributed by atoms with Crippen LogP contribution in [0.2, 0.25) is 4.34 Å². The third kappa shape index (κ3) is 5.37. The Morgan fingerprint density at radius 2 is 2.33 bits per heavy atom. The number of nitrogens with two attached hydrogens (primary N) is 1. The maximum absolute atomic E-state index is 11.1. The molecule has 1 atom stereocenters. The Hall–Kier alpha value is -0.290. The second-order valence-electron chi connectivity index (χ2n) is 3.04. The van der Waals surface area contributed by atoms with Crippen molar-refractivity contribution in [2.75, 3.05) is 6.54 Å².